The first-order valence-electron chi connectivity index (χ1n) is 8.04. The van der Waals surface area contributed by atoms with Crippen LogP contribution in [-0.2, 0) is 10.3 Å². The summed E-state index contributed by atoms with van der Waals surface area (Å²) in [5.41, 5.74) is -0.112. The highest BCUT2D eigenvalue weighted by Crippen LogP contribution is 2.27. The number of amides is 3. The van der Waals surface area contributed by atoms with Crippen LogP contribution < -0.4 is 10.2 Å². The molecule has 0 radical (unpaired) electrons. The van der Waals surface area contributed by atoms with Crippen LogP contribution in [0.1, 0.15) is 32.3 Å². The van der Waals surface area contributed by atoms with Gasteiger partial charge in [-0.2, -0.15) is 0 Å². The van der Waals surface area contributed by atoms with E-state index in [4.69, 9.17) is 0 Å². The number of urea groups is 1. The summed E-state index contributed by atoms with van der Waals surface area (Å²) in [6, 6.07) is 9.18. The van der Waals surface area contributed by atoms with Crippen LogP contribution in [0.2, 0.25) is 0 Å². The largest absolute Gasteiger partial charge is 0.329 e. The molecule has 0 aliphatic carbocycles. The van der Waals surface area contributed by atoms with E-state index >= 15 is 0 Å². The second-order valence-electron chi connectivity index (χ2n) is 6.74. The second-order valence-corrected chi connectivity index (χ2v) is 6.74. The Morgan fingerprint density at radius 3 is 2.50 bits per heavy atom. The predicted molar refractivity (Wildman–Crippen MR) is 83.1 cm³/mol. The maximum Gasteiger partial charge on any atom is 0.329 e. The lowest BCUT2D eigenvalue weighted by molar-refractivity contribution is -0.913. The molecule has 0 spiro atoms. The fraction of sp³-hybridized carbons (Fsp3) is 0.529. The minimum absolute atomic E-state index is 0.144. The summed E-state index contributed by atoms with van der Waals surface area (Å²) < 4.78 is 0. The lowest BCUT2D eigenvalue weighted by atomic mass is 9.92. The number of nitrogens with one attached hydrogen (secondary N) is 2. The van der Waals surface area contributed by atoms with E-state index in [-0.39, 0.29) is 11.9 Å². The quantitative estimate of drug-likeness (QED) is 0.809. The number of carbonyl (C=O) groups excluding carboxylic acids is 2. The van der Waals surface area contributed by atoms with Crippen LogP contribution in [0.4, 0.5) is 4.79 Å². The van der Waals surface area contributed by atoms with Crippen molar-refractivity contribution in [1.82, 2.24) is 10.2 Å². The molecule has 22 heavy (non-hydrogen) atoms. The molecule has 2 N–H and O–H groups in total. The first kappa shape index (κ1) is 15.0. The Hall–Kier alpha value is -1.88. The summed E-state index contributed by atoms with van der Waals surface area (Å²) in [5, 5.41) is 2.87. The van der Waals surface area contributed by atoms with E-state index in [0.29, 0.717) is 6.67 Å². The summed E-state index contributed by atoms with van der Waals surface area (Å²) in [4.78, 5) is 27.8. The van der Waals surface area contributed by atoms with Crippen molar-refractivity contribution in [3.05, 3.63) is 35.9 Å². The van der Waals surface area contributed by atoms with Gasteiger partial charge >= 0.3 is 6.03 Å². The Morgan fingerprint density at radius 1 is 1.23 bits per heavy atom. The fourth-order valence-electron chi connectivity index (χ4n) is 3.36. The lowest BCUT2D eigenvalue weighted by Gasteiger charge is -2.29. The molecule has 2 fully saturated rings. The van der Waals surface area contributed by atoms with Gasteiger partial charge in [-0.15, -0.1) is 0 Å². The molecule has 118 valence electrons. The number of piperidine rings is 1. The fourth-order valence-corrected chi connectivity index (χ4v) is 3.36. The molecule has 0 bridgehead atoms. The molecular weight excluding hydrogens is 278 g/mol. The number of likely N-dealkylation sites (tertiary alicyclic amines) is 1. The van der Waals surface area contributed by atoms with Gasteiger partial charge in [-0.1, -0.05) is 37.3 Å². The molecule has 1 aromatic rings. The molecular formula is C17H24N3O2+. The van der Waals surface area contributed by atoms with Crippen molar-refractivity contribution in [2.24, 2.45) is 5.92 Å². The monoisotopic (exact) mass is 302 g/mol. The first-order valence-corrected chi connectivity index (χ1v) is 8.04. The van der Waals surface area contributed by atoms with Crippen LogP contribution >= 0.6 is 0 Å². The van der Waals surface area contributed by atoms with Gasteiger partial charge in [0.2, 0.25) is 0 Å². The van der Waals surface area contributed by atoms with Crippen LogP contribution in [0.5, 0.6) is 0 Å². The van der Waals surface area contributed by atoms with Gasteiger partial charge in [-0.05, 0) is 31.2 Å². The van der Waals surface area contributed by atoms with Gasteiger partial charge in [0.15, 0.2) is 6.67 Å². The number of benzene rings is 1. The molecule has 0 saturated carbocycles. The van der Waals surface area contributed by atoms with Crippen molar-refractivity contribution in [3.63, 3.8) is 0 Å². The maximum atomic E-state index is 12.8. The van der Waals surface area contributed by atoms with E-state index < -0.39 is 5.54 Å². The lowest BCUT2D eigenvalue weighted by Crippen LogP contribution is -3.14. The standard InChI is InChI=1S/C17H23N3O2/c1-13-8-10-19(11-9-13)12-20-15(21)17(2,18-16(20)22)14-6-4-3-5-7-14/h3-7,13H,8-12H2,1-2H3,(H,18,22)/p+1/t17-/m0/s1. The smallest absolute Gasteiger partial charge is 0.319 e. The van der Waals surface area contributed by atoms with Gasteiger partial charge in [0, 0.05) is 0 Å². The van der Waals surface area contributed by atoms with Crippen molar-refractivity contribution < 1.29 is 14.5 Å². The van der Waals surface area contributed by atoms with Gasteiger partial charge in [0.1, 0.15) is 5.54 Å². The van der Waals surface area contributed by atoms with E-state index in [9.17, 15) is 9.59 Å². The minimum atomic E-state index is -0.944. The van der Waals surface area contributed by atoms with Crippen molar-refractivity contribution in [3.8, 4) is 0 Å². The van der Waals surface area contributed by atoms with E-state index in [2.05, 4.69) is 12.2 Å². The second kappa shape index (κ2) is 5.72. The van der Waals surface area contributed by atoms with Crippen LogP contribution in [0.25, 0.3) is 0 Å². The van der Waals surface area contributed by atoms with Gasteiger partial charge in [0.25, 0.3) is 5.91 Å². The number of hydrogen-bond acceptors (Lipinski definition) is 2. The van der Waals surface area contributed by atoms with Crippen molar-refractivity contribution in [1.29, 1.82) is 0 Å². The highest BCUT2D eigenvalue weighted by molar-refractivity contribution is 6.07. The van der Waals surface area contributed by atoms with Gasteiger partial charge in [-0.25, -0.2) is 9.69 Å². The number of hydrogen-bond donors (Lipinski definition) is 2. The molecule has 1 atom stereocenters. The van der Waals surface area contributed by atoms with E-state index in [1.54, 1.807) is 6.92 Å². The zero-order valence-corrected chi connectivity index (χ0v) is 13.3. The van der Waals surface area contributed by atoms with Gasteiger partial charge in [-0.3, -0.25) is 4.79 Å². The number of rotatable bonds is 3. The van der Waals surface area contributed by atoms with E-state index in [0.717, 1.165) is 37.4 Å². The average Bonchev–Trinajstić information content (AvgIpc) is 2.75. The zero-order chi connectivity index (χ0) is 15.7. The Labute approximate surface area is 131 Å². The Kier molecular flexibility index (Phi) is 3.91. The van der Waals surface area contributed by atoms with E-state index in [1.807, 2.05) is 30.3 Å². The third kappa shape index (κ3) is 2.61. The summed E-state index contributed by atoms with van der Waals surface area (Å²) in [6.07, 6.45) is 2.32. The molecule has 2 heterocycles. The molecule has 2 aliphatic heterocycles. The summed E-state index contributed by atoms with van der Waals surface area (Å²) >= 11 is 0. The molecule has 2 saturated heterocycles. The normalized spacial score (nSPS) is 32.2. The molecule has 5 heteroatoms. The summed E-state index contributed by atoms with van der Waals surface area (Å²) in [6.45, 7) is 6.58. The Balaban J connectivity index is 1.74. The Bertz CT molecular complexity index is 567. The Morgan fingerprint density at radius 2 is 1.86 bits per heavy atom. The van der Waals surface area contributed by atoms with Crippen LogP contribution in [-0.4, -0.2) is 36.6 Å². The molecule has 5 nitrogen and oxygen atoms in total. The third-order valence-electron chi connectivity index (χ3n) is 4.99. The predicted octanol–water partition coefficient (Wildman–Crippen LogP) is 0.726. The average molecular weight is 302 g/mol. The van der Waals surface area contributed by atoms with Gasteiger partial charge < -0.3 is 10.2 Å². The number of quaternary nitrogens is 1. The maximum absolute atomic E-state index is 12.8. The molecule has 0 unspecified atom stereocenters. The summed E-state index contributed by atoms with van der Waals surface area (Å²) in [5.74, 6) is 0.608. The van der Waals surface area contributed by atoms with Crippen LogP contribution in [0.15, 0.2) is 30.3 Å². The SMILES string of the molecule is CC1CC[NH+](CN2C(=O)N[C@@](C)(c3ccccc3)C2=O)CC1. The molecule has 0 aromatic heterocycles. The van der Waals surface area contributed by atoms with Gasteiger partial charge in [0.05, 0.1) is 13.1 Å². The number of imide groups is 1. The number of carbonyl (C=O) groups is 2. The van der Waals surface area contributed by atoms with E-state index in [1.165, 1.54) is 9.80 Å². The highest BCUT2D eigenvalue weighted by atomic mass is 16.2. The molecule has 3 amide bonds. The topological polar surface area (TPSA) is 53.9 Å². The summed E-state index contributed by atoms with van der Waals surface area (Å²) in [7, 11) is 0. The number of nitrogens with zero attached hydrogens (tertiary/aromatic N) is 1. The zero-order valence-electron chi connectivity index (χ0n) is 13.3. The van der Waals surface area contributed by atoms with Crippen LogP contribution in [0, 0.1) is 5.92 Å². The van der Waals surface area contributed by atoms with Crippen LogP contribution in [0.3, 0.4) is 0 Å². The third-order valence-corrected chi connectivity index (χ3v) is 4.99. The minimum Gasteiger partial charge on any atom is -0.319 e. The van der Waals surface area contributed by atoms with Crippen molar-refractivity contribution in [2.75, 3.05) is 19.8 Å². The van der Waals surface area contributed by atoms with Crippen molar-refractivity contribution >= 4 is 11.9 Å². The highest BCUT2D eigenvalue weighted by Gasteiger charge is 2.50. The molecule has 2 aliphatic rings. The van der Waals surface area contributed by atoms with Crippen molar-refractivity contribution in [2.45, 2.75) is 32.2 Å². The molecule has 3 rings (SSSR count). The first-order chi connectivity index (χ1) is 10.5. The molecule has 1 aromatic carbocycles.